The van der Waals surface area contributed by atoms with Crippen molar-refractivity contribution in [2.24, 2.45) is 5.92 Å². The molecule has 0 spiro atoms. The summed E-state index contributed by atoms with van der Waals surface area (Å²) in [6.45, 7) is 3.96. The molecule has 1 fully saturated rings. The number of rotatable bonds is 4. The van der Waals surface area contributed by atoms with Crippen LogP contribution in [0.25, 0.3) is 10.9 Å². The summed E-state index contributed by atoms with van der Waals surface area (Å²) in [6, 6.07) is 14.0. The smallest absolute Gasteiger partial charge is 0.256 e. The Hall–Kier alpha value is -2.75. The minimum atomic E-state index is 0.0148. The molecular formula is C22H23N3O. The van der Waals surface area contributed by atoms with E-state index < -0.39 is 0 Å². The van der Waals surface area contributed by atoms with E-state index in [1.807, 2.05) is 68.3 Å². The van der Waals surface area contributed by atoms with Crippen molar-refractivity contribution in [1.29, 1.82) is 0 Å². The van der Waals surface area contributed by atoms with Gasteiger partial charge in [0, 0.05) is 18.6 Å². The lowest BCUT2D eigenvalue weighted by molar-refractivity contribution is 0.0706. The maximum absolute atomic E-state index is 13.3. The Morgan fingerprint density at radius 2 is 1.96 bits per heavy atom. The number of pyridine rings is 2. The second kappa shape index (κ2) is 6.52. The lowest BCUT2D eigenvalue weighted by atomic mass is 10.0. The molecule has 1 amide bonds. The Kier molecular flexibility index (Phi) is 4.19. The van der Waals surface area contributed by atoms with Crippen molar-refractivity contribution in [3.05, 3.63) is 71.2 Å². The summed E-state index contributed by atoms with van der Waals surface area (Å²) in [7, 11) is 1.89. The quantitative estimate of drug-likeness (QED) is 0.701. The van der Waals surface area contributed by atoms with Crippen LogP contribution in [0.1, 0.15) is 46.2 Å². The van der Waals surface area contributed by atoms with Gasteiger partial charge in [0.05, 0.1) is 28.5 Å². The molecule has 3 aromatic rings. The van der Waals surface area contributed by atoms with Crippen LogP contribution in [0.2, 0.25) is 0 Å². The Bertz CT molecular complexity index is 964. The minimum Gasteiger partial charge on any atom is -0.333 e. The van der Waals surface area contributed by atoms with Crippen LogP contribution >= 0.6 is 0 Å². The molecule has 1 aliphatic rings. The molecule has 1 atom stereocenters. The molecule has 0 N–H and O–H groups in total. The van der Waals surface area contributed by atoms with Gasteiger partial charge < -0.3 is 4.90 Å². The minimum absolute atomic E-state index is 0.0148. The molecule has 1 saturated carbocycles. The van der Waals surface area contributed by atoms with Crippen molar-refractivity contribution >= 4 is 16.8 Å². The van der Waals surface area contributed by atoms with Crippen molar-refractivity contribution in [2.45, 2.75) is 32.7 Å². The van der Waals surface area contributed by atoms with Crippen LogP contribution < -0.4 is 0 Å². The fraction of sp³-hybridized carbons (Fsp3) is 0.318. The molecule has 1 aromatic carbocycles. The van der Waals surface area contributed by atoms with E-state index in [4.69, 9.17) is 4.98 Å². The first-order chi connectivity index (χ1) is 12.6. The average Bonchev–Trinajstić information content (AvgIpc) is 3.47. The van der Waals surface area contributed by atoms with Crippen LogP contribution in [-0.2, 0) is 0 Å². The lowest BCUT2D eigenvalue weighted by Crippen LogP contribution is -2.33. The van der Waals surface area contributed by atoms with Gasteiger partial charge in [-0.25, -0.2) is 0 Å². The second-order valence-electron chi connectivity index (χ2n) is 7.22. The molecule has 0 unspecified atom stereocenters. The maximum atomic E-state index is 13.3. The van der Waals surface area contributed by atoms with E-state index >= 15 is 0 Å². The number of aryl methyl sites for hydroxylation is 2. The first kappa shape index (κ1) is 16.7. The molecule has 132 valence electrons. The molecule has 0 radical (unpaired) electrons. The van der Waals surface area contributed by atoms with Crippen molar-refractivity contribution in [3.8, 4) is 0 Å². The summed E-state index contributed by atoms with van der Waals surface area (Å²) in [5, 5.41) is 1.01. The van der Waals surface area contributed by atoms with Gasteiger partial charge >= 0.3 is 0 Å². The second-order valence-corrected chi connectivity index (χ2v) is 7.22. The zero-order valence-corrected chi connectivity index (χ0v) is 15.4. The predicted molar refractivity (Wildman–Crippen MR) is 103 cm³/mol. The number of carbonyl (C=O) groups excluding carboxylic acids is 1. The largest absolute Gasteiger partial charge is 0.333 e. The number of hydrogen-bond donors (Lipinski definition) is 0. The number of carbonyl (C=O) groups is 1. The number of para-hydroxylation sites is 1. The molecule has 4 heteroatoms. The van der Waals surface area contributed by atoms with Crippen LogP contribution in [0, 0.1) is 19.8 Å². The lowest BCUT2D eigenvalue weighted by Gasteiger charge is -2.28. The Labute approximate surface area is 153 Å². The van der Waals surface area contributed by atoms with Crippen molar-refractivity contribution in [1.82, 2.24) is 14.9 Å². The first-order valence-electron chi connectivity index (χ1n) is 9.11. The number of hydrogen-bond acceptors (Lipinski definition) is 3. The zero-order chi connectivity index (χ0) is 18.3. The normalized spacial score (nSPS) is 15.0. The van der Waals surface area contributed by atoms with E-state index in [1.54, 1.807) is 6.20 Å². The Morgan fingerprint density at radius 3 is 2.65 bits per heavy atom. The highest BCUT2D eigenvalue weighted by Gasteiger charge is 2.38. The van der Waals surface area contributed by atoms with Crippen molar-refractivity contribution in [3.63, 3.8) is 0 Å². The molecule has 4 nitrogen and oxygen atoms in total. The van der Waals surface area contributed by atoms with Crippen LogP contribution in [-0.4, -0.2) is 27.8 Å². The molecule has 2 aromatic heterocycles. The van der Waals surface area contributed by atoms with Crippen LogP contribution in [0.5, 0.6) is 0 Å². The molecule has 4 rings (SSSR count). The van der Waals surface area contributed by atoms with Gasteiger partial charge in [-0.15, -0.1) is 0 Å². The van der Waals surface area contributed by atoms with E-state index in [-0.39, 0.29) is 11.9 Å². The maximum Gasteiger partial charge on any atom is 0.256 e. The summed E-state index contributed by atoms with van der Waals surface area (Å²) in [4.78, 5) is 24.4. The summed E-state index contributed by atoms with van der Waals surface area (Å²) < 4.78 is 0. The molecule has 26 heavy (non-hydrogen) atoms. The van der Waals surface area contributed by atoms with Gasteiger partial charge in [-0.05, 0) is 56.4 Å². The van der Waals surface area contributed by atoms with Gasteiger partial charge in [-0.2, -0.15) is 0 Å². The molecule has 0 saturated heterocycles. The molecular weight excluding hydrogens is 322 g/mol. The van der Waals surface area contributed by atoms with Gasteiger partial charge in [0.1, 0.15) is 0 Å². The number of aromatic nitrogens is 2. The summed E-state index contributed by atoms with van der Waals surface area (Å²) in [5.41, 5.74) is 4.51. The van der Waals surface area contributed by atoms with Crippen molar-refractivity contribution < 1.29 is 4.79 Å². The Balaban J connectivity index is 1.72. The summed E-state index contributed by atoms with van der Waals surface area (Å²) in [6.07, 6.45) is 4.09. The van der Waals surface area contributed by atoms with Crippen LogP contribution in [0.15, 0.2) is 48.7 Å². The average molecular weight is 345 g/mol. The van der Waals surface area contributed by atoms with Crippen molar-refractivity contribution in [2.75, 3.05) is 7.05 Å². The van der Waals surface area contributed by atoms with E-state index in [1.165, 1.54) is 0 Å². The highest BCUT2D eigenvalue weighted by Crippen LogP contribution is 2.44. The van der Waals surface area contributed by atoms with Gasteiger partial charge in [0.2, 0.25) is 0 Å². The number of benzene rings is 1. The fourth-order valence-electron chi connectivity index (χ4n) is 3.69. The third-order valence-corrected chi connectivity index (χ3v) is 5.27. The van der Waals surface area contributed by atoms with Gasteiger partial charge in [-0.3, -0.25) is 14.8 Å². The van der Waals surface area contributed by atoms with Crippen LogP contribution in [0.3, 0.4) is 0 Å². The van der Waals surface area contributed by atoms with E-state index in [2.05, 4.69) is 4.98 Å². The highest BCUT2D eigenvalue weighted by atomic mass is 16.2. The summed E-state index contributed by atoms with van der Waals surface area (Å²) in [5.74, 6) is 0.510. The van der Waals surface area contributed by atoms with Gasteiger partial charge in [0.15, 0.2) is 0 Å². The summed E-state index contributed by atoms with van der Waals surface area (Å²) >= 11 is 0. The van der Waals surface area contributed by atoms with Gasteiger partial charge in [-0.1, -0.05) is 24.3 Å². The first-order valence-corrected chi connectivity index (χ1v) is 9.11. The topological polar surface area (TPSA) is 46.1 Å². The molecule has 2 heterocycles. The third-order valence-electron chi connectivity index (χ3n) is 5.27. The van der Waals surface area contributed by atoms with Gasteiger partial charge in [0.25, 0.3) is 5.91 Å². The fourth-order valence-corrected chi connectivity index (χ4v) is 3.69. The highest BCUT2D eigenvalue weighted by molar-refractivity contribution is 5.99. The number of fused-ring (bicyclic) bond motifs is 1. The molecule has 1 aliphatic carbocycles. The number of nitrogens with zero attached hydrogens (tertiary/aromatic N) is 3. The molecule has 0 aliphatic heterocycles. The zero-order valence-electron chi connectivity index (χ0n) is 15.4. The Morgan fingerprint density at radius 1 is 1.15 bits per heavy atom. The monoisotopic (exact) mass is 345 g/mol. The standard InChI is InChI=1S/C22H23N3O/c1-14-7-6-8-17-13-18(15(2)24-20(14)17)22(26)25(3)21(16-10-11-16)19-9-4-5-12-23-19/h4-9,12-13,16,21H,10-11H2,1-3H3/t21-/m0/s1. The predicted octanol–water partition coefficient (Wildman–Crippen LogP) is 4.47. The van der Waals surface area contributed by atoms with E-state index in [9.17, 15) is 4.79 Å². The third kappa shape index (κ3) is 2.96. The van der Waals surface area contributed by atoms with E-state index in [0.29, 0.717) is 11.5 Å². The van der Waals surface area contributed by atoms with Crippen LogP contribution in [0.4, 0.5) is 0 Å². The number of amides is 1. The van der Waals surface area contributed by atoms with E-state index in [0.717, 1.165) is 40.7 Å². The SMILES string of the molecule is Cc1nc2c(C)cccc2cc1C(=O)N(C)[C@H](c1ccccn1)C1CC1. The molecule has 0 bridgehead atoms.